The van der Waals surface area contributed by atoms with Crippen LogP contribution in [0.5, 0.6) is 5.75 Å². The van der Waals surface area contributed by atoms with E-state index in [0.29, 0.717) is 44.7 Å². The quantitative estimate of drug-likeness (QED) is 0.171. The Bertz CT molecular complexity index is 2270. The van der Waals surface area contributed by atoms with Crippen LogP contribution in [0.2, 0.25) is 0 Å². The van der Waals surface area contributed by atoms with Crippen LogP contribution in [-0.2, 0) is 16.6 Å². The predicted octanol–water partition coefficient (Wildman–Crippen LogP) is 8.25. The molecule has 0 radical (unpaired) electrons. The number of aromatic nitrogens is 1. The summed E-state index contributed by atoms with van der Waals surface area (Å²) in [4.78, 5) is 13.4. The Morgan fingerprint density at radius 3 is 2.46 bits per heavy atom. The van der Waals surface area contributed by atoms with Crippen molar-refractivity contribution in [2.45, 2.75) is 26.1 Å². The van der Waals surface area contributed by atoms with Gasteiger partial charge < -0.3 is 13.7 Å². The highest BCUT2D eigenvalue weighted by atomic mass is 32.2. The molecule has 1 atom stereocenters. The Hall–Kier alpha value is -4.96. The molecule has 0 bridgehead atoms. The fourth-order valence-electron chi connectivity index (χ4n) is 6.15. The smallest absolute Gasteiger partial charge is 0.232 e. The summed E-state index contributed by atoms with van der Waals surface area (Å²) in [6.45, 7) is 1.75. The molecule has 10 heteroatoms. The maximum Gasteiger partial charge on any atom is 0.232 e. The fraction of sp³-hybridized carbons (Fsp3) is 0.194. The summed E-state index contributed by atoms with van der Waals surface area (Å²) in [5, 5.41) is 1.46. The summed E-state index contributed by atoms with van der Waals surface area (Å²) in [5.74, 6) is 0.179. The van der Waals surface area contributed by atoms with Gasteiger partial charge in [0.25, 0.3) is 0 Å². The van der Waals surface area contributed by atoms with E-state index in [0.717, 1.165) is 28.4 Å². The van der Waals surface area contributed by atoms with Gasteiger partial charge >= 0.3 is 0 Å². The summed E-state index contributed by atoms with van der Waals surface area (Å²) in [6, 6.07) is 24.3. The molecule has 0 aliphatic carbocycles. The van der Waals surface area contributed by atoms with Gasteiger partial charge in [-0.25, -0.2) is 17.2 Å². The van der Waals surface area contributed by atoms with E-state index in [1.807, 2.05) is 41.0 Å². The highest BCUT2D eigenvalue weighted by Crippen LogP contribution is 2.44. The van der Waals surface area contributed by atoms with Gasteiger partial charge in [0.2, 0.25) is 10.0 Å². The average molecular weight is 641 g/mol. The number of alkyl halides is 1. The molecule has 3 heterocycles. The van der Waals surface area contributed by atoms with Gasteiger partial charge in [0.15, 0.2) is 12.0 Å². The molecule has 1 unspecified atom stereocenters. The van der Waals surface area contributed by atoms with Crippen LogP contribution in [0.1, 0.15) is 23.7 Å². The number of ketones is 1. The number of carbonyl (C=O) groups is 1. The van der Waals surface area contributed by atoms with Crippen molar-refractivity contribution in [2.24, 2.45) is 0 Å². The Morgan fingerprint density at radius 1 is 0.978 bits per heavy atom. The Balaban J connectivity index is 1.50. The van der Waals surface area contributed by atoms with Crippen molar-refractivity contribution >= 4 is 43.4 Å². The molecular weight excluding hydrogens is 610 g/mol. The molecule has 0 amide bonds. The van der Waals surface area contributed by atoms with Crippen molar-refractivity contribution < 1.29 is 31.1 Å². The van der Waals surface area contributed by atoms with Gasteiger partial charge in [0.1, 0.15) is 29.5 Å². The lowest BCUT2D eigenvalue weighted by atomic mass is 9.95. The SMILES string of the molecule is CCC(=O)c1c(-c2ccc(F)cc2)oc2cc(N(C)S(C)(=O)=O)c(-c3ccc4c(c3)-c3cc5ccccc5n3CC(F)CO4)cc12. The second-order valence-corrected chi connectivity index (χ2v) is 13.5. The number of rotatable bonds is 6. The first-order valence-corrected chi connectivity index (χ1v) is 16.7. The summed E-state index contributed by atoms with van der Waals surface area (Å²) in [6.07, 6.45) is 0.0874. The van der Waals surface area contributed by atoms with Crippen LogP contribution in [0.15, 0.2) is 89.3 Å². The van der Waals surface area contributed by atoms with Gasteiger partial charge in [-0.3, -0.25) is 9.10 Å². The van der Waals surface area contributed by atoms with Crippen molar-refractivity contribution in [1.82, 2.24) is 4.57 Å². The number of fused-ring (bicyclic) bond motifs is 6. The topological polar surface area (TPSA) is 81.8 Å². The van der Waals surface area contributed by atoms with E-state index >= 15 is 0 Å². The van der Waals surface area contributed by atoms with Crippen LogP contribution in [0.3, 0.4) is 0 Å². The van der Waals surface area contributed by atoms with E-state index in [1.165, 1.54) is 23.5 Å². The van der Waals surface area contributed by atoms with Crippen LogP contribution < -0.4 is 9.04 Å². The molecule has 0 saturated heterocycles. The maximum absolute atomic E-state index is 15.0. The summed E-state index contributed by atoms with van der Waals surface area (Å²) in [7, 11) is -2.27. The van der Waals surface area contributed by atoms with Crippen LogP contribution in [-0.4, -0.2) is 44.9 Å². The average Bonchev–Trinajstić information content (AvgIpc) is 3.59. The molecule has 0 N–H and O–H groups in total. The largest absolute Gasteiger partial charge is 0.490 e. The lowest BCUT2D eigenvalue weighted by Gasteiger charge is -2.23. The van der Waals surface area contributed by atoms with Gasteiger partial charge in [-0.15, -0.1) is 0 Å². The van der Waals surface area contributed by atoms with Crippen LogP contribution in [0, 0.1) is 5.82 Å². The van der Waals surface area contributed by atoms with Crippen molar-refractivity contribution in [3.05, 3.63) is 96.3 Å². The Morgan fingerprint density at radius 2 is 1.72 bits per heavy atom. The second-order valence-electron chi connectivity index (χ2n) is 11.5. The molecule has 46 heavy (non-hydrogen) atoms. The van der Waals surface area contributed by atoms with Crippen LogP contribution in [0.25, 0.3) is 55.6 Å². The Kier molecular flexibility index (Phi) is 7.20. The summed E-state index contributed by atoms with van der Waals surface area (Å²) < 4.78 is 69.8. The molecule has 1 aliphatic heterocycles. The zero-order chi connectivity index (χ0) is 32.3. The third-order valence-electron chi connectivity index (χ3n) is 8.53. The van der Waals surface area contributed by atoms with E-state index in [2.05, 4.69) is 0 Å². The number of ether oxygens (including phenoxy) is 1. The number of furan rings is 1. The second kappa shape index (κ2) is 11.1. The maximum atomic E-state index is 15.0. The monoisotopic (exact) mass is 640 g/mol. The number of sulfonamides is 1. The molecule has 7 rings (SSSR count). The Labute approximate surface area is 264 Å². The number of para-hydroxylation sites is 1. The van der Waals surface area contributed by atoms with E-state index in [9.17, 15) is 22.0 Å². The highest BCUT2D eigenvalue weighted by Gasteiger charge is 2.27. The minimum Gasteiger partial charge on any atom is -0.490 e. The van der Waals surface area contributed by atoms with Gasteiger partial charge in [-0.2, -0.15) is 0 Å². The molecule has 6 aromatic rings. The summed E-state index contributed by atoms with van der Waals surface area (Å²) in [5.41, 5.74) is 5.08. The third kappa shape index (κ3) is 5.02. The molecule has 7 nitrogen and oxygen atoms in total. The number of hydrogen-bond donors (Lipinski definition) is 0. The first kappa shape index (κ1) is 29.7. The number of anilines is 1. The molecule has 0 fully saturated rings. The van der Waals surface area contributed by atoms with Crippen LogP contribution in [0.4, 0.5) is 14.5 Å². The van der Waals surface area contributed by atoms with Gasteiger partial charge in [-0.05, 0) is 60.2 Å². The predicted molar refractivity (Wildman–Crippen MR) is 176 cm³/mol. The molecule has 0 spiro atoms. The highest BCUT2D eigenvalue weighted by molar-refractivity contribution is 7.92. The summed E-state index contributed by atoms with van der Waals surface area (Å²) >= 11 is 0. The lowest BCUT2D eigenvalue weighted by molar-refractivity contribution is 0.0989. The fourth-order valence-corrected chi connectivity index (χ4v) is 6.65. The minimum absolute atomic E-state index is 0.115. The number of carbonyl (C=O) groups excluding carboxylic acids is 1. The minimum atomic E-state index is -3.72. The first-order valence-electron chi connectivity index (χ1n) is 14.9. The zero-order valence-corrected chi connectivity index (χ0v) is 26.2. The molecule has 4 aromatic carbocycles. The number of benzene rings is 4. The van der Waals surface area contributed by atoms with Crippen molar-refractivity contribution in [3.8, 4) is 39.5 Å². The standard InChI is InChI=1S/C36H30F2N2O5S/c1-4-32(41)35-28-17-26(30(39(2)46(3,42)43)18-34(28)45-36(35)21-9-12-24(37)13-10-21)22-11-14-33-27(15-22)31-16-23-7-5-6-8-29(23)40(31)19-25(38)20-44-33/h5-18,25H,4,19-20H2,1-3H3. The van der Waals surface area contributed by atoms with Crippen molar-refractivity contribution in [2.75, 3.05) is 24.2 Å². The van der Waals surface area contributed by atoms with Crippen molar-refractivity contribution in [3.63, 3.8) is 0 Å². The number of Topliss-reactive ketones (excluding diaryl/α,β-unsaturated/α-hetero) is 1. The normalized spacial score (nSPS) is 14.8. The third-order valence-corrected chi connectivity index (χ3v) is 9.72. The van der Waals surface area contributed by atoms with Crippen molar-refractivity contribution in [1.29, 1.82) is 0 Å². The van der Waals surface area contributed by atoms with Gasteiger partial charge in [0.05, 0.1) is 29.7 Å². The van der Waals surface area contributed by atoms with Gasteiger partial charge in [0, 0.05) is 52.5 Å². The van der Waals surface area contributed by atoms with E-state index in [4.69, 9.17) is 9.15 Å². The zero-order valence-electron chi connectivity index (χ0n) is 25.4. The van der Waals surface area contributed by atoms with Crippen LogP contribution >= 0.6 is 0 Å². The molecular formula is C36H30F2N2O5S. The van der Waals surface area contributed by atoms with E-state index < -0.39 is 22.0 Å². The number of nitrogens with zero attached hydrogens (tertiary/aromatic N) is 2. The molecule has 234 valence electrons. The first-order chi connectivity index (χ1) is 22.0. The lowest BCUT2D eigenvalue weighted by Crippen LogP contribution is -2.25. The van der Waals surface area contributed by atoms with Gasteiger partial charge in [-0.1, -0.05) is 31.2 Å². The number of hydrogen-bond acceptors (Lipinski definition) is 5. The number of halogens is 2. The molecule has 2 aromatic heterocycles. The molecule has 1 aliphatic rings. The van der Waals surface area contributed by atoms with E-state index in [1.54, 1.807) is 43.3 Å². The molecule has 0 saturated carbocycles. The van der Waals surface area contributed by atoms with E-state index in [-0.39, 0.29) is 31.1 Å².